The molecule has 1 atom stereocenters. The fourth-order valence-corrected chi connectivity index (χ4v) is 2.82. The lowest BCUT2D eigenvalue weighted by atomic mass is 9.91. The molecule has 0 heterocycles. The average molecular weight is 271 g/mol. The summed E-state index contributed by atoms with van der Waals surface area (Å²) < 4.78 is 13.3. The van der Waals surface area contributed by atoms with Crippen LogP contribution in [0.2, 0.25) is 0 Å². The largest absolute Gasteiger partial charge is 0.479 e. The third kappa shape index (κ3) is 1.93. The highest BCUT2D eigenvalue weighted by molar-refractivity contribution is 5.86. The third-order valence-electron chi connectivity index (χ3n) is 3.79. The Morgan fingerprint density at radius 2 is 1.95 bits per heavy atom. The van der Waals surface area contributed by atoms with Crippen molar-refractivity contribution in [1.29, 1.82) is 0 Å². The van der Waals surface area contributed by atoms with Crippen molar-refractivity contribution in [3.8, 4) is 0 Å². The minimum absolute atomic E-state index is 0.329. The first-order valence-electron chi connectivity index (χ1n) is 6.47. The van der Waals surface area contributed by atoms with Crippen LogP contribution in [0.1, 0.15) is 17.5 Å². The van der Waals surface area contributed by atoms with Crippen LogP contribution in [0.25, 0.3) is 0 Å². The summed E-state index contributed by atoms with van der Waals surface area (Å²) in [5.74, 6) is -1.27. The highest BCUT2D eigenvalue weighted by Crippen LogP contribution is 2.40. The van der Waals surface area contributed by atoms with Gasteiger partial charge in [-0.05, 0) is 48.2 Å². The standard InChI is InChI=1S/C16H14FNO2/c17-12-6-7-14-11(10-12)8-9-16(14,15(19)20)18-13-4-2-1-3-5-13/h1-7,10,18H,8-9H2,(H,19,20). The number of rotatable bonds is 3. The molecular weight excluding hydrogens is 257 g/mol. The van der Waals surface area contributed by atoms with Crippen LogP contribution in [-0.4, -0.2) is 11.1 Å². The number of hydrogen-bond acceptors (Lipinski definition) is 2. The molecule has 1 aliphatic carbocycles. The average Bonchev–Trinajstić information content (AvgIpc) is 2.79. The van der Waals surface area contributed by atoms with Crippen LogP contribution in [0.15, 0.2) is 48.5 Å². The normalized spacial score (nSPS) is 20.4. The molecule has 20 heavy (non-hydrogen) atoms. The van der Waals surface area contributed by atoms with Crippen molar-refractivity contribution >= 4 is 11.7 Å². The lowest BCUT2D eigenvalue weighted by Crippen LogP contribution is -2.41. The van der Waals surface area contributed by atoms with E-state index in [0.717, 1.165) is 11.3 Å². The summed E-state index contributed by atoms with van der Waals surface area (Å²) in [6.07, 6.45) is 0.968. The molecule has 4 heteroatoms. The van der Waals surface area contributed by atoms with E-state index in [2.05, 4.69) is 5.32 Å². The van der Waals surface area contributed by atoms with Crippen LogP contribution in [0.4, 0.5) is 10.1 Å². The number of halogens is 1. The molecule has 2 aromatic rings. The summed E-state index contributed by atoms with van der Waals surface area (Å²) in [5, 5.41) is 12.8. The Bertz CT molecular complexity index is 657. The second-order valence-electron chi connectivity index (χ2n) is 5.00. The van der Waals surface area contributed by atoms with Crippen molar-refractivity contribution in [2.45, 2.75) is 18.4 Å². The van der Waals surface area contributed by atoms with E-state index in [-0.39, 0.29) is 5.82 Å². The smallest absolute Gasteiger partial charge is 0.334 e. The number of aryl methyl sites for hydroxylation is 1. The van der Waals surface area contributed by atoms with Gasteiger partial charge >= 0.3 is 5.97 Å². The van der Waals surface area contributed by atoms with Gasteiger partial charge in [0.15, 0.2) is 5.54 Å². The topological polar surface area (TPSA) is 49.3 Å². The highest BCUT2D eigenvalue weighted by atomic mass is 19.1. The molecule has 0 spiro atoms. The fourth-order valence-electron chi connectivity index (χ4n) is 2.82. The summed E-state index contributed by atoms with van der Waals surface area (Å²) in [5.41, 5.74) is 0.975. The molecule has 3 rings (SSSR count). The lowest BCUT2D eigenvalue weighted by molar-refractivity contribution is -0.142. The van der Waals surface area contributed by atoms with Crippen molar-refractivity contribution in [1.82, 2.24) is 0 Å². The summed E-state index contributed by atoms with van der Waals surface area (Å²) in [6.45, 7) is 0. The molecular formula is C16H14FNO2. The Balaban J connectivity index is 2.06. The molecule has 0 saturated heterocycles. The minimum Gasteiger partial charge on any atom is -0.479 e. The second kappa shape index (κ2) is 4.63. The van der Waals surface area contributed by atoms with Gasteiger partial charge in [0.1, 0.15) is 5.82 Å². The van der Waals surface area contributed by atoms with Crippen LogP contribution < -0.4 is 5.32 Å². The zero-order chi connectivity index (χ0) is 14.2. The van der Waals surface area contributed by atoms with Crippen LogP contribution in [-0.2, 0) is 16.8 Å². The molecule has 2 N–H and O–H groups in total. The van der Waals surface area contributed by atoms with Crippen molar-refractivity contribution in [2.75, 3.05) is 5.32 Å². The van der Waals surface area contributed by atoms with E-state index in [0.29, 0.717) is 18.4 Å². The van der Waals surface area contributed by atoms with Crippen molar-refractivity contribution in [3.63, 3.8) is 0 Å². The predicted octanol–water partition coefficient (Wildman–Crippen LogP) is 3.16. The molecule has 0 saturated carbocycles. The number of aliphatic carboxylic acids is 1. The molecule has 102 valence electrons. The number of benzene rings is 2. The lowest BCUT2D eigenvalue weighted by Gasteiger charge is -2.28. The van der Waals surface area contributed by atoms with Gasteiger partial charge in [-0.2, -0.15) is 0 Å². The molecule has 0 aromatic heterocycles. The summed E-state index contributed by atoms with van der Waals surface area (Å²) in [4.78, 5) is 11.8. The Labute approximate surface area is 116 Å². The van der Waals surface area contributed by atoms with Gasteiger partial charge in [-0.25, -0.2) is 9.18 Å². The van der Waals surface area contributed by atoms with Gasteiger partial charge in [0.05, 0.1) is 0 Å². The van der Waals surface area contributed by atoms with Crippen molar-refractivity contribution in [2.24, 2.45) is 0 Å². The molecule has 0 bridgehead atoms. The SMILES string of the molecule is O=C(O)C1(Nc2ccccc2)CCc2cc(F)ccc21. The Kier molecular flexibility index (Phi) is 2.93. The molecule has 0 fully saturated rings. The van der Waals surface area contributed by atoms with Crippen molar-refractivity contribution < 1.29 is 14.3 Å². The van der Waals surface area contributed by atoms with Crippen molar-refractivity contribution in [3.05, 3.63) is 65.5 Å². The van der Waals surface area contributed by atoms with Gasteiger partial charge in [-0.3, -0.25) is 0 Å². The fraction of sp³-hybridized carbons (Fsp3) is 0.188. The van der Waals surface area contributed by atoms with E-state index >= 15 is 0 Å². The maximum atomic E-state index is 13.3. The second-order valence-corrected chi connectivity index (χ2v) is 5.00. The van der Waals surface area contributed by atoms with Gasteiger partial charge < -0.3 is 10.4 Å². The van der Waals surface area contributed by atoms with E-state index in [9.17, 15) is 14.3 Å². The molecule has 3 nitrogen and oxygen atoms in total. The van der Waals surface area contributed by atoms with Gasteiger partial charge in [0.2, 0.25) is 0 Å². The molecule has 0 aliphatic heterocycles. The number of nitrogens with one attached hydrogen (secondary N) is 1. The first kappa shape index (κ1) is 12.7. The molecule has 0 radical (unpaired) electrons. The Hall–Kier alpha value is -2.36. The number of carboxylic acid groups (broad SMARTS) is 1. The summed E-state index contributed by atoms with van der Waals surface area (Å²) >= 11 is 0. The molecule has 1 unspecified atom stereocenters. The molecule has 0 amide bonds. The van der Waals surface area contributed by atoms with Crippen LogP contribution >= 0.6 is 0 Å². The number of anilines is 1. The van der Waals surface area contributed by atoms with Crippen LogP contribution in [0.3, 0.4) is 0 Å². The van der Waals surface area contributed by atoms with Gasteiger partial charge in [-0.15, -0.1) is 0 Å². The number of carboxylic acids is 1. The highest BCUT2D eigenvalue weighted by Gasteiger charge is 2.45. The van der Waals surface area contributed by atoms with E-state index < -0.39 is 11.5 Å². The van der Waals surface area contributed by atoms with Gasteiger partial charge in [-0.1, -0.05) is 24.3 Å². The Morgan fingerprint density at radius 3 is 2.65 bits per heavy atom. The first-order valence-corrected chi connectivity index (χ1v) is 6.47. The number of hydrogen-bond donors (Lipinski definition) is 2. The van der Waals surface area contributed by atoms with Crippen LogP contribution in [0.5, 0.6) is 0 Å². The number of fused-ring (bicyclic) bond motifs is 1. The Morgan fingerprint density at radius 1 is 1.20 bits per heavy atom. The van der Waals surface area contributed by atoms with Gasteiger partial charge in [0, 0.05) is 5.69 Å². The maximum absolute atomic E-state index is 13.3. The molecule has 2 aromatic carbocycles. The zero-order valence-corrected chi connectivity index (χ0v) is 10.8. The summed E-state index contributed by atoms with van der Waals surface area (Å²) in [7, 11) is 0. The van der Waals surface area contributed by atoms with E-state index in [1.54, 1.807) is 6.07 Å². The van der Waals surface area contributed by atoms with E-state index in [4.69, 9.17) is 0 Å². The summed E-state index contributed by atoms with van der Waals surface area (Å²) in [6, 6.07) is 13.5. The monoisotopic (exact) mass is 271 g/mol. The first-order chi connectivity index (χ1) is 9.62. The predicted molar refractivity (Wildman–Crippen MR) is 74.1 cm³/mol. The maximum Gasteiger partial charge on any atom is 0.334 e. The number of para-hydroxylation sites is 1. The third-order valence-corrected chi connectivity index (χ3v) is 3.79. The van der Waals surface area contributed by atoms with Crippen LogP contribution in [0, 0.1) is 5.82 Å². The minimum atomic E-state index is -1.18. The van der Waals surface area contributed by atoms with E-state index in [1.807, 2.05) is 30.3 Å². The van der Waals surface area contributed by atoms with Gasteiger partial charge in [0.25, 0.3) is 0 Å². The number of carbonyl (C=O) groups is 1. The van der Waals surface area contributed by atoms with E-state index in [1.165, 1.54) is 12.1 Å². The quantitative estimate of drug-likeness (QED) is 0.901. The zero-order valence-electron chi connectivity index (χ0n) is 10.8. The molecule has 1 aliphatic rings.